The standard InChI is InChI=1S/C19H18Cl2F3NO3S/c1-17(2,18(9-10-18)12-3-8-15(20)16(21)11-12)25-29(26,27)14-6-4-13(5-7-14)28-19(22,23)24/h3-8,11,25H,9-10H2,1-2H3. The maximum Gasteiger partial charge on any atom is 0.573 e. The van der Waals surface area contributed by atoms with Crippen LogP contribution in [0.25, 0.3) is 0 Å². The molecule has 2 aromatic carbocycles. The number of ether oxygens (including phenoxy) is 1. The summed E-state index contributed by atoms with van der Waals surface area (Å²) in [5, 5.41) is 0.792. The van der Waals surface area contributed by atoms with Gasteiger partial charge in [0, 0.05) is 11.0 Å². The summed E-state index contributed by atoms with van der Waals surface area (Å²) in [5.74, 6) is -0.495. The largest absolute Gasteiger partial charge is 0.573 e. The normalized spacial score (nSPS) is 16.5. The van der Waals surface area contributed by atoms with Crippen molar-refractivity contribution in [3.63, 3.8) is 0 Å². The van der Waals surface area contributed by atoms with Gasteiger partial charge in [-0.15, -0.1) is 13.2 Å². The fraction of sp³-hybridized carbons (Fsp3) is 0.368. The topological polar surface area (TPSA) is 55.4 Å². The van der Waals surface area contributed by atoms with Crippen LogP contribution in [-0.4, -0.2) is 20.3 Å². The van der Waals surface area contributed by atoms with Crippen LogP contribution < -0.4 is 9.46 Å². The van der Waals surface area contributed by atoms with E-state index in [1.54, 1.807) is 26.0 Å². The minimum absolute atomic E-state index is 0.162. The van der Waals surface area contributed by atoms with Crippen LogP contribution in [0.2, 0.25) is 10.0 Å². The first kappa shape index (κ1) is 22.2. The Morgan fingerprint density at radius 1 is 1.00 bits per heavy atom. The van der Waals surface area contributed by atoms with Crippen LogP contribution in [0.15, 0.2) is 47.4 Å². The summed E-state index contributed by atoms with van der Waals surface area (Å²) in [5.41, 5.74) is -0.480. The summed E-state index contributed by atoms with van der Waals surface area (Å²) in [7, 11) is -3.99. The number of benzene rings is 2. The van der Waals surface area contributed by atoms with E-state index in [1.165, 1.54) is 0 Å². The summed E-state index contributed by atoms with van der Waals surface area (Å²) in [6.07, 6.45) is -3.35. The molecule has 0 aromatic heterocycles. The first-order chi connectivity index (χ1) is 13.3. The summed E-state index contributed by atoms with van der Waals surface area (Å²) < 4.78 is 69.0. The second kappa shape index (κ2) is 7.34. The molecule has 3 rings (SSSR count). The quantitative estimate of drug-likeness (QED) is 0.594. The van der Waals surface area contributed by atoms with Crippen molar-refractivity contribution < 1.29 is 26.3 Å². The molecule has 0 unspecified atom stereocenters. The minimum atomic E-state index is -4.85. The second-order valence-corrected chi connectivity index (χ2v) is 9.96. The predicted molar refractivity (Wildman–Crippen MR) is 105 cm³/mol. The van der Waals surface area contributed by atoms with Crippen molar-refractivity contribution in [1.82, 2.24) is 4.72 Å². The van der Waals surface area contributed by atoms with Crippen LogP contribution in [0.5, 0.6) is 5.75 Å². The summed E-state index contributed by atoms with van der Waals surface area (Å²) >= 11 is 12.1. The monoisotopic (exact) mass is 467 g/mol. The van der Waals surface area contributed by atoms with E-state index in [2.05, 4.69) is 9.46 Å². The molecule has 10 heteroatoms. The molecular formula is C19H18Cl2F3NO3S. The number of hydrogen-bond donors (Lipinski definition) is 1. The van der Waals surface area contributed by atoms with E-state index in [1.807, 2.05) is 6.07 Å². The fourth-order valence-electron chi connectivity index (χ4n) is 3.51. The van der Waals surface area contributed by atoms with Gasteiger partial charge in [0.15, 0.2) is 0 Å². The molecule has 0 heterocycles. The Labute approximate surface area is 177 Å². The highest BCUT2D eigenvalue weighted by molar-refractivity contribution is 7.89. The van der Waals surface area contributed by atoms with Crippen molar-refractivity contribution in [2.24, 2.45) is 0 Å². The molecule has 1 aliphatic rings. The van der Waals surface area contributed by atoms with Gasteiger partial charge in [0.05, 0.1) is 14.9 Å². The van der Waals surface area contributed by atoms with Crippen LogP contribution in [-0.2, 0) is 15.4 Å². The van der Waals surface area contributed by atoms with Crippen LogP contribution in [0.1, 0.15) is 32.3 Å². The van der Waals surface area contributed by atoms with Gasteiger partial charge >= 0.3 is 6.36 Å². The molecule has 0 radical (unpaired) electrons. The third kappa shape index (κ3) is 4.66. The Kier molecular flexibility index (Phi) is 5.62. The second-order valence-electron chi connectivity index (χ2n) is 7.46. The maximum absolute atomic E-state index is 12.8. The zero-order valence-electron chi connectivity index (χ0n) is 15.5. The van der Waals surface area contributed by atoms with Crippen molar-refractivity contribution in [3.05, 3.63) is 58.1 Å². The van der Waals surface area contributed by atoms with E-state index in [0.29, 0.717) is 10.0 Å². The lowest BCUT2D eigenvalue weighted by Crippen LogP contribution is -2.52. The molecule has 158 valence electrons. The Bertz CT molecular complexity index is 1020. The first-order valence-corrected chi connectivity index (χ1v) is 10.9. The molecule has 1 saturated carbocycles. The van der Waals surface area contributed by atoms with Gasteiger partial charge in [-0.2, -0.15) is 0 Å². The molecule has 0 aliphatic heterocycles. The minimum Gasteiger partial charge on any atom is -0.406 e. The Hall–Kier alpha value is -1.48. The lowest BCUT2D eigenvalue weighted by molar-refractivity contribution is -0.274. The molecule has 4 nitrogen and oxygen atoms in total. The highest BCUT2D eigenvalue weighted by Gasteiger charge is 2.57. The third-order valence-electron chi connectivity index (χ3n) is 5.18. The first-order valence-electron chi connectivity index (χ1n) is 8.61. The molecule has 1 aliphatic carbocycles. The van der Waals surface area contributed by atoms with E-state index in [9.17, 15) is 21.6 Å². The van der Waals surface area contributed by atoms with Gasteiger partial charge < -0.3 is 4.74 Å². The Balaban J connectivity index is 1.84. The van der Waals surface area contributed by atoms with Crippen LogP contribution in [0, 0.1) is 0 Å². The van der Waals surface area contributed by atoms with Crippen molar-refractivity contribution in [2.75, 3.05) is 0 Å². The Morgan fingerprint density at radius 3 is 2.07 bits per heavy atom. The van der Waals surface area contributed by atoms with Gasteiger partial charge in [0.1, 0.15) is 5.75 Å². The summed E-state index contributed by atoms with van der Waals surface area (Å²) in [4.78, 5) is -0.162. The molecule has 0 atom stereocenters. The van der Waals surface area contributed by atoms with Crippen molar-refractivity contribution >= 4 is 33.2 Å². The van der Waals surface area contributed by atoms with E-state index in [-0.39, 0.29) is 4.90 Å². The van der Waals surface area contributed by atoms with Crippen molar-refractivity contribution in [2.45, 2.75) is 48.9 Å². The van der Waals surface area contributed by atoms with Gasteiger partial charge in [-0.3, -0.25) is 0 Å². The molecule has 0 spiro atoms. The van der Waals surface area contributed by atoms with Gasteiger partial charge in [0.25, 0.3) is 0 Å². The molecule has 29 heavy (non-hydrogen) atoms. The maximum atomic E-state index is 12.8. The lowest BCUT2D eigenvalue weighted by Gasteiger charge is -2.36. The number of halogens is 5. The average molecular weight is 468 g/mol. The van der Waals surface area contributed by atoms with Crippen LogP contribution in [0.4, 0.5) is 13.2 Å². The van der Waals surface area contributed by atoms with Gasteiger partial charge in [-0.1, -0.05) is 29.3 Å². The number of nitrogens with one attached hydrogen (secondary N) is 1. The molecule has 0 amide bonds. The zero-order chi connectivity index (χ0) is 21.7. The number of hydrogen-bond acceptors (Lipinski definition) is 3. The molecule has 0 bridgehead atoms. The predicted octanol–water partition coefficient (Wildman–Crippen LogP) is 5.68. The number of alkyl halides is 3. The lowest BCUT2D eigenvalue weighted by atomic mass is 9.79. The van der Waals surface area contributed by atoms with Crippen LogP contribution in [0.3, 0.4) is 0 Å². The van der Waals surface area contributed by atoms with E-state index in [4.69, 9.17) is 23.2 Å². The Morgan fingerprint density at radius 2 is 1.59 bits per heavy atom. The van der Waals surface area contributed by atoms with Gasteiger partial charge in [0.2, 0.25) is 10.0 Å². The van der Waals surface area contributed by atoms with Crippen molar-refractivity contribution in [3.8, 4) is 5.75 Å². The highest BCUT2D eigenvalue weighted by Crippen LogP contribution is 2.56. The van der Waals surface area contributed by atoms with E-state index in [0.717, 1.165) is 42.7 Å². The third-order valence-corrected chi connectivity index (χ3v) is 7.59. The average Bonchev–Trinajstić information content (AvgIpc) is 3.38. The summed E-state index contributed by atoms with van der Waals surface area (Å²) in [6.45, 7) is 3.53. The summed E-state index contributed by atoms with van der Waals surface area (Å²) in [6, 6.07) is 9.28. The SMILES string of the molecule is CC(C)(NS(=O)(=O)c1ccc(OC(F)(F)F)cc1)C1(c2ccc(Cl)c(Cl)c2)CC1. The van der Waals surface area contributed by atoms with E-state index < -0.39 is 33.1 Å². The van der Waals surface area contributed by atoms with Gasteiger partial charge in [-0.05, 0) is 68.7 Å². The zero-order valence-corrected chi connectivity index (χ0v) is 17.8. The molecular weight excluding hydrogens is 450 g/mol. The fourth-order valence-corrected chi connectivity index (χ4v) is 5.28. The number of rotatable bonds is 6. The molecule has 0 saturated heterocycles. The molecule has 2 aromatic rings. The highest BCUT2D eigenvalue weighted by atomic mass is 35.5. The van der Waals surface area contributed by atoms with Crippen molar-refractivity contribution in [1.29, 1.82) is 0 Å². The molecule has 1 N–H and O–H groups in total. The van der Waals surface area contributed by atoms with Crippen LogP contribution >= 0.6 is 23.2 Å². The smallest absolute Gasteiger partial charge is 0.406 e. The van der Waals surface area contributed by atoms with Gasteiger partial charge in [-0.25, -0.2) is 13.1 Å². The number of sulfonamides is 1. The molecule has 1 fully saturated rings. The van der Waals surface area contributed by atoms with E-state index >= 15 is 0 Å².